The van der Waals surface area contributed by atoms with E-state index in [0.717, 1.165) is 29.6 Å². The maximum absolute atomic E-state index is 14.0. The van der Waals surface area contributed by atoms with Crippen LogP contribution in [-0.2, 0) is 10.0 Å². The Morgan fingerprint density at radius 1 is 1.32 bits per heavy atom. The summed E-state index contributed by atoms with van der Waals surface area (Å²) in [4.78, 5) is 13.9. The van der Waals surface area contributed by atoms with Crippen LogP contribution >= 0.6 is 0 Å². The van der Waals surface area contributed by atoms with E-state index >= 15 is 0 Å². The Labute approximate surface area is 145 Å². The molecule has 1 amide bonds. The number of nitrogens with zero attached hydrogens (tertiary/aromatic N) is 3. The van der Waals surface area contributed by atoms with E-state index in [1.807, 2.05) is 24.6 Å². The molecule has 2 heterocycles. The molecule has 1 atom stereocenters. The number of amides is 1. The minimum absolute atomic E-state index is 0.0159. The van der Waals surface area contributed by atoms with Crippen molar-refractivity contribution in [2.45, 2.75) is 31.2 Å². The molecule has 2 aromatic rings. The lowest BCUT2D eigenvalue weighted by molar-refractivity contribution is 0.0782. The molecule has 7 nitrogen and oxygen atoms in total. The summed E-state index contributed by atoms with van der Waals surface area (Å²) >= 11 is 0. The number of carbonyl (C=O) groups is 1. The largest absolute Gasteiger partial charge is 0.336 e. The van der Waals surface area contributed by atoms with Crippen LogP contribution in [0.25, 0.3) is 0 Å². The van der Waals surface area contributed by atoms with Crippen molar-refractivity contribution in [2.75, 3.05) is 13.1 Å². The fraction of sp³-hybridized carbons (Fsp3) is 0.375. The first kappa shape index (κ1) is 17.6. The van der Waals surface area contributed by atoms with Crippen molar-refractivity contribution < 1.29 is 17.6 Å². The maximum atomic E-state index is 14.0. The molecule has 0 radical (unpaired) electrons. The third kappa shape index (κ3) is 3.42. The smallest absolute Gasteiger partial charge is 0.256 e. The third-order valence-electron chi connectivity index (χ3n) is 4.34. The van der Waals surface area contributed by atoms with Crippen LogP contribution in [0.5, 0.6) is 0 Å². The van der Waals surface area contributed by atoms with Gasteiger partial charge in [0.15, 0.2) is 0 Å². The van der Waals surface area contributed by atoms with Gasteiger partial charge in [0.05, 0.1) is 22.2 Å². The zero-order valence-electron chi connectivity index (χ0n) is 13.9. The highest BCUT2D eigenvalue weighted by Crippen LogP contribution is 2.25. The molecular weight excluding hydrogens is 347 g/mol. The number of carbonyl (C=O) groups excluding carboxylic acids is 1. The normalized spacial score (nSPS) is 17.9. The molecule has 0 aliphatic carbocycles. The van der Waals surface area contributed by atoms with E-state index in [-0.39, 0.29) is 16.5 Å². The molecule has 3 rings (SSSR count). The molecule has 0 bridgehead atoms. The summed E-state index contributed by atoms with van der Waals surface area (Å²) in [6.07, 6.45) is 0.699. The summed E-state index contributed by atoms with van der Waals surface area (Å²) in [5.41, 5.74) is 1.61. The zero-order valence-corrected chi connectivity index (χ0v) is 14.8. The maximum Gasteiger partial charge on any atom is 0.256 e. The number of benzene rings is 1. The summed E-state index contributed by atoms with van der Waals surface area (Å²) in [6, 6.07) is 4.96. The van der Waals surface area contributed by atoms with Crippen LogP contribution in [0.2, 0.25) is 0 Å². The Kier molecular flexibility index (Phi) is 4.38. The number of halogens is 1. The van der Waals surface area contributed by atoms with E-state index in [2.05, 4.69) is 5.10 Å². The second kappa shape index (κ2) is 6.23. The van der Waals surface area contributed by atoms with Gasteiger partial charge in [-0.15, -0.1) is 0 Å². The Balaban J connectivity index is 1.84. The molecule has 0 spiro atoms. The van der Waals surface area contributed by atoms with Gasteiger partial charge in [-0.3, -0.25) is 9.48 Å². The highest BCUT2D eigenvalue weighted by molar-refractivity contribution is 7.89. The van der Waals surface area contributed by atoms with Crippen LogP contribution in [0.15, 0.2) is 29.2 Å². The lowest BCUT2D eigenvalue weighted by atomic mass is 10.2. The topological polar surface area (TPSA) is 98.3 Å². The standard InChI is InChI=1S/C16H19FN4O3S/c1-10-7-11(2)21(19-10)12-5-6-20(9-12)16(22)14-8-13(25(18,23)24)3-4-15(14)17/h3-4,7-8,12H,5-6,9H2,1-2H3,(H2,18,23,24)/t12-/m1/s1. The van der Waals surface area contributed by atoms with Crippen LogP contribution in [-0.4, -0.2) is 42.1 Å². The highest BCUT2D eigenvalue weighted by Gasteiger charge is 2.31. The molecule has 1 fully saturated rings. The van der Waals surface area contributed by atoms with E-state index in [1.165, 1.54) is 4.90 Å². The first-order chi connectivity index (χ1) is 11.7. The third-order valence-corrected chi connectivity index (χ3v) is 5.25. The summed E-state index contributed by atoms with van der Waals surface area (Å²) in [7, 11) is -4.01. The summed E-state index contributed by atoms with van der Waals surface area (Å²) in [5, 5.41) is 9.49. The number of aryl methyl sites for hydroxylation is 2. The first-order valence-electron chi connectivity index (χ1n) is 7.81. The van der Waals surface area contributed by atoms with Gasteiger partial charge in [-0.2, -0.15) is 5.10 Å². The van der Waals surface area contributed by atoms with Crippen LogP contribution in [0.3, 0.4) is 0 Å². The van der Waals surface area contributed by atoms with Gasteiger partial charge < -0.3 is 4.90 Å². The summed E-state index contributed by atoms with van der Waals surface area (Å²) in [6.45, 7) is 4.68. The van der Waals surface area contributed by atoms with E-state index < -0.39 is 21.7 Å². The summed E-state index contributed by atoms with van der Waals surface area (Å²) in [5.74, 6) is -1.32. The molecule has 1 aromatic heterocycles. The fourth-order valence-electron chi connectivity index (χ4n) is 3.16. The Morgan fingerprint density at radius 3 is 2.64 bits per heavy atom. The number of hydrogen-bond donors (Lipinski definition) is 1. The highest BCUT2D eigenvalue weighted by atomic mass is 32.2. The second-order valence-electron chi connectivity index (χ2n) is 6.25. The number of hydrogen-bond acceptors (Lipinski definition) is 4. The van der Waals surface area contributed by atoms with Crippen molar-refractivity contribution in [1.29, 1.82) is 0 Å². The molecule has 1 aliphatic rings. The molecule has 134 valence electrons. The second-order valence-corrected chi connectivity index (χ2v) is 7.81. The van der Waals surface area contributed by atoms with Crippen molar-refractivity contribution in [1.82, 2.24) is 14.7 Å². The van der Waals surface area contributed by atoms with E-state index in [1.54, 1.807) is 0 Å². The van der Waals surface area contributed by atoms with Crippen LogP contribution in [0.1, 0.15) is 34.2 Å². The van der Waals surface area contributed by atoms with Crippen molar-refractivity contribution in [3.05, 3.63) is 47.0 Å². The monoisotopic (exact) mass is 366 g/mol. The van der Waals surface area contributed by atoms with E-state index in [4.69, 9.17) is 5.14 Å². The number of aromatic nitrogens is 2. The molecule has 9 heteroatoms. The average molecular weight is 366 g/mol. The number of nitrogens with two attached hydrogens (primary N) is 1. The quantitative estimate of drug-likeness (QED) is 0.887. The Hall–Kier alpha value is -2.26. The van der Waals surface area contributed by atoms with Gasteiger partial charge in [0.25, 0.3) is 5.91 Å². The van der Waals surface area contributed by atoms with E-state index in [0.29, 0.717) is 19.5 Å². The molecule has 25 heavy (non-hydrogen) atoms. The fourth-order valence-corrected chi connectivity index (χ4v) is 3.70. The van der Waals surface area contributed by atoms with Crippen LogP contribution < -0.4 is 5.14 Å². The van der Waals surface area contributed by atoms with Gasteiger partial charge in [0.2, 0.25) is 10.0 Å². The van der Waals surface area contributed by atoms with Crippen molar-refractivity contribution in [3.8, 4) is 0 Å². The molecule has 1 saturated heterocycles. The van der Waals surface area contributed by atoms with Gasteiger partial charge >= 0.3 is 0 Å². The van der Waals surface area contributed by atoms with Gasteiger partial charge in [-0.05, 0) is 44.5 Å². The molecule has 1 aliphatic heterocycles. The van der Waals surface area contributed by atoms with Gasteiger partial charge in [-0.1, -0.05) is 0 Å². The van der Waals surface area contributed by atoms with Crippen molar-refractivity contribution >= 4 is 15.9 Å². The number of sulfonamides is 1. The first-order valence-corrected chi connectivity index (χ1v) is 9.36. The molecule has 2 N–H and O–H groups in total. The minimum atomic E-state index is -4.01. The molecule has 1 aromatic carbocycles. The Bertz CT molecular complexity index is 939. The number of primary sulfonamides is 1. The lowest BCUT2D eigenvalue weighted by Gasteiger charge is -2.18. The van der Waals surface area contributed by atoms with Gasteiger partial charge in [0, 0.05) is 18.8 Å². The predicted molar refractivity (Wildman–Crippen MR) is 89.0 cm³/mol. The average Bonchev–Trinajstić information content (AvgIpc) is 3.12. The van der Waals surface area contributed by atoms with Gasteiger partial charge in [-0.25, -0.2) is 17.9 Å². The predicted octanol–water partition coefficient (Wildman–Crippen LogP) is 1.37. The van der Waals surface area contributed by atoms with Crippen molar-refractivity contribution in [2.24, 2.45) is 5.14 Å². The lowest BCUT2D eigenvalue weighted by Crippen LogP contribution is -2.30. The van der Waals surface area contributed by atoms with Crippen LogP contribution in [0.4, 0.5) is 4.39 Å². The molecule has 0 unspecified atom stereocenters. The Morgan fingerprint density at radius 2 is 2.04 bits per heavy atom. The number of likely N-dealkylation sites (tertiary alicyclic amines) is 1. The summed E-state index contributed by atoms with van der Waals surface area (Å²) < 4.78 is 38.8. The van der Waals surface area contributed by atoms with Crippen LogP contribution in [0, 0.1) is 19.7 Å². The SMILES string of the molecule is Cc1cc(C)n([C@@H]2CCN(C(=O)c3cc(S(N)(=O)=O)ccc3F)C2)n1. The van der Waals surface area contributed by atoms with E-state index in [9.17, 15) is 17.6 Å². The van der Waals surface area contributed by atoms with Crippen molar-refractivity contribution in [3.63, 3.8) is 0 Å². The zero-order chi connectivity index (χ0) is 18.4. The molecule has 0 saturated carbocycles. The minimum Gasteiger partial charge on any atom is -0.336 e. The number of rotatable bonds is 3. The van der Waals surface area contributed by atoms with Gasteiger partial charge in [0.1, 0.15) is 5.82 Å². The molecular formula is C16H19FN4O3S.